The Labute approximate surface area is 313 Å². The van der Waals surface area contributed by atoms with Crippen molar-refractivity contribution in [3.63, 3.8) is 0 Å². The minimum atomic E-state index is -4.75. The number of hydrogen-bond donors (Lipinski definition) is 2. The summed E-state index contributed by atoms with van der Waals surface area (Å²) in [5, 5.41) is 0. The van der Waals surface area contributed by atoms with Gasteiger partial charge in [-0.1, -0.05) is 179 Å². The zero-order valence-corrected chi connectivity index (χ0v) is 33.9. The number of esters is 2. The van der Waals surface area contributed by atoms with E-state index in [0.29, 0.717) is 6.42 Å². The van der Waals surface area contributed by atoms with Gasteiger partial charge in [-0.25, -0.2) is 4.57 Å². The van der Waals surface area contributed by atoms with Crippen molar-refractivity contribution in [2.45, 2.75) is 219 Å². The molecule has 0 heterocycles. The Balaban J connectivity index is 3.83. The van der Waals surface area contributed by atoms with E-state index in [9.17, 15) is 14.2 Å². The lowest BCUT2D eigenvalue weighted by Crippen LogP contribution is -2.29. The number of hydrogen-bond acceptors (Lipinski definition) is 6. The number of rotatable bonds is 39. The van der Waals surface area contributed by atoms with Crippen LogP contribution in [0.25, 0.3) is 0 Å². The first-order valence-electron chi connectivity index (χ1n) is 21.1. The lowest BCUT2D eigenvalue weighted by molar-refractivity contribution is -0.161. The van der Waals surface area contributed by atoms with Crippen molar-refractivity contribution in [1.29, 1.82) is 0 Å². The maximum absolute atomic E-state index is 12.4. The number of carbonyl (C=O) groups is 2. The molecule has 0 bridgehead atoms. The van der Waals surface area contributed by atoms with Crippen molar-refractivity contribution >= 4 is 19.8 Å². The van der Waals surface area contributed by atoms with Crippen LogP contribution >= 0.6 is 7.82 Å². The predicted octanol–water partition coefficient (Wildman–Crippen LogP) is 12.8. The van der Waals surface area contributed by atoms with Crippen LogP contribution < -0.4 is 0 Å². The van der Waals surface area contributed by atoms with Gasteiger partial charge in [0.15, 0.2) is 6.10 Å². The highest BCUT2D eigenvalue weighted by molar-refractivity contribution is 7.46. The van der Waals surface area contributed by atoms with Gasteiger partial charge in [-0.2, -0.15) is 0 Å². The van der Waals surface area contributed by atoms with Crippen molar-refractivity contribution < 1.29 is 37.9 Å². The van der Waals surface area contributed by atoms with Crippen LogP contribution in [0.1, 0.15) is 213 Å². The summed E-state index contributed by atoms with van der Waals surface area (Å²) in [5.74, 6) is -0.882. The quantitative estimate of drug-likeness (QED) is 0.0276. The van der Waals surface area contributed by atoms with Crippen LogP contribution in [0, 0.1) is 0 Å². The van der Waals surface area contributed by atoms with Crippen LogP contribution in [0.4, 0.5) is 0 Å². The molecule has 300 valence electrons. The van der Waals surface area contributed by atoms with Gasteiger partial charge in [-0.15, -0.1) is 0 Å². The largest absolute Gasteiger partial charge is 0.469 e. The van der Waals surface area contributed by atoms with Gasteiger partial charge in [0.05, 0.1) is 6.61 Å². The average Bonchev–Trinajstić information content (AvgIpc) is 3.10. The highest BCUT2D eigenvalue weighted by Crippen LogP contribution is 2.36. The number of phosphoric acid groups is 1. The molecule has 0 aromatic carbocycles. The summed E-state index contributed by atoms with van der Waals surface area (Å²) in [5.41, 5.74) is 0. The maximum Gasteiger partial charge on any atom is 0.469 e. The number of ether oxygens (including phenoxy) is 2. The smallest absolute Gasteiger partial charge is 0.462 e. The fourth-order valence-corrected chi connectivity index (χ4v) is 6.41. The third-order valence-electron chi connectivity index (χ3n) is 9.22. The molecule has 0 rings (SSSR count). The standard InChI is InChI=1S/C42H79O8P/c1-3-5-7-9-11-13-15-16-17-18-19-20-21-22-23-24-25-26-27-29-31-33-35-37-42(44)50-40(39-49-51(45,46)47)38-48-41(43)36-34-32-30-28-14-12-10-8-6-4-2/h15-16,18-19,40H,3-14,17,20-39H2,1-2H3,(H2,45,46,47)/b16-15-,19-18-. The third kappa shape index (κ3) is 41.2. The fourth-order valence-electron chi connectivity index (χ4n) is 6.05. The second-order valence-corrected chi connectivity index (χ2v) is 15.6. The molecule has 8 nitrogen and oxygen atoms in total. The lowest BCUT2D eigenvalue weighted by atomic mass is 10.0. The van der Waals surface area contributed by atoms with Crippen molar-refractivity contribution in [2.75, 3.05) is 13.2 Å². The Kier molecular flexibility index (Phi) is 37.2. The van der Waals surface area contributed by atoms with E-state index in [1.54, 1.807) is 0 Å². The SMILES string of the molecule is CCCCCCC/C=C\C/C=C\CCCCCCCCCCCCCC(=O)OC(COC(=O)CCCCCCCCCCCC)COP(=O)(O)O. The lowest BCUT2D eigenvalue weighted by Gasteiger charge is -2.18. The predicted molar refractivity (Wildman–Crippen MR) is 212 cm³/mol. The first-order chi connectivity index (χ1) is 24.8. The molecule has 0 saturated carbocycles. The van der Waals surface area contributed by atoms with Gasteiger partial charge in [-0.3, -0.25) is 14.1 Å². The number of unbranched alkanes of at least 4 members (excludes halogenated alkanes) is 25. The van der Waals surface area contributed by atoms with Crippen molar-refractivity contribution in [3.05, 3.63) is 24.3 Å². The van der Waals surface area contributed by atoms with Crippen LogP contribution in [-0.2, 0) is 28.2 Å². The van der Waals surface area contributed by atoms with Gasteiger partial charge >= 0.3 is 19.8 Å². The minimum absolute atomic E-state index is 0.212. The van der Waals surface area contributed by atoms with E-state index in [1.165, 1.54) is 135 Å². The first-order valence-corrected chi connectivity index (χ1v) is 22.7. The molecule has 0 aliphatic rings. The van der Waals surface area contributed by atoms with Crippen LogP contribution in [-0.4, -0.2) is 41.0 Å². The summed E-state index contributed by atoms with van der Waals surface area (Å²) in [6.45, 7) is 3.67. The van der Waals surface area contributed by atoms with E-state index in [-0.39, 0.29) is 19.4 Å². The first kappa shape index (κ1) is 49.5. The summed E-state index contributed by atoms with van der Waals surface area (Å²) in [6.07, 6.45) is 43.4. The second-order valence-electron chi connectivity index (χ2n) is 14.3. The normalized spacial score (nSPS) is 12.6. The zero-order valence-electron chi connectivity index (χ0n) is 33.0. The average molecular weight is 743 g/mol. The molecule has 1 unspecified atom stereocenters. The van der Waals surface area contributed by atoms with Gasteiger partial charge in [0.25, 0.3) is 0 Å². The van der Waals surface area contributed by atoms with Gasteiger partial charge in [-0.05, 0) is 44.9 Å². The van der Waals surface area contributed by atoms with Crippen LogP contribution in [0.15, 0.2) is 24.3 Å². The Hall–Kier alpha value is -1.47. The maximum atomic E-state index is 12.4. The molecule has 0 aromatic heterocycles. The molecule has 51 heavy (non-hydrogen) atoms. The van der Waals surface area contributed by atoms with Crippen LogP contribution in [0.2, 0.25) is 0 Å². The fraction of sp³-hybridized carbons (Fsp3) is 0.857. The van der Waals surface area contributed by atoms with Crippen molar-refractivity contribution in [2.24, 2.45) is 0 Å². The summed E-state index contributed by atoms with van der Waals surface area (Å²) < 4.78 is 26.3. The van der Waals surface area contributed by atoms with Crippen molar-refractivity contribution in [1.82, 2.24) is 0 Å². The molecule has 1 atom stereocenters. The summed E-state index contributed by atoms with van der Waals surface area (Å²) in [4.78, 5) is 42.7. The van der Waals surface area contributed by atoms with Gasteiger partial charge in [0.2, 0.25) is 0 Å². The molecule has 0 aliphatic heterocycles. The number of allylic oxidation sites excluding steroid dienone is 4. The highest BCUT2D eigenvalue weighted by atomic mass is 31.2. The Morgan fingerprint density at radius 1 is 0.510 bits per heavy atom. The summed E-state index contributed by atoms with van der Waals surface area (Å²) >= 11 is 0. The Morgan fingerprint density at radius 3 is 1.29 bits per heavy atom. The molecular formula is C42H79O8P. The van der Waals surface area contributed by atoms with E-state index < -0.39 is 32.5 Å². The zero-order chi connectivity index (χ0) is 37.5. The molecule has 0 aliphatic carbocycles. The molecule has 0 saturated heterocycles. The third-order valence-corrected chi connectivity index (χ3v) is 9.71. The van der Waals surface area contributed by atoms with Gasteiger partial charge in [0.1, 0.15) is 6.61 Å². The molecule has 0 aromatic rings. The van der Waals surface area contributed by atoms with Crippen LogP contribution in [0.3, 0.4) is 0 Å². The molecule has 0 fully saturated rings. The molecule has 0 amide bonds. The molecule has 2 N–H and O–H groups in total. The van der Waals surface area contributed by atoms with E-state index in [2.05, 4.69) is 42.7 Å². The van der Waals surface area contributed by atoms with Gasteiger partial charge < -0.3 is 19.3 Å². The Morgan fingerprint density at radius 2 is 0.882 bits per heavy atom. The molecule has 0 radical (unpaired) electrons. The second kappa shape index (κ2) is 38.3. The molecule has 9 heteroatoms. The topological polar surface area (TPSA) is 119 Å². The summed E-state index contributed by atoms with van der Waals surface area (Å²) in [7, 11) is -4.75. The van der Waals surface area contributed by atoms with Crippen molar-refractivity contribution in [3.8, 4) is 0 Å². The highest BCUT2D eigenvalue weighted by Gasteiger charge is 2.22. The minimum Gasteiger partial charge on any atom is -0.462 e. The monoisotopic (exact) mass is 743 g/mol. The van der Waals surface area contributed by atoms with Crippen LogP contribution in [0.5, 0.6) is 0 Å². The van der Waals surface area contributed by atoms with E-state index in [1.807, 2.05) is 0 Å². The van der Waals surface area contributed by atoms with E-state index >= 15 is 0 Å². The summed E-state index contributed by atoms with van der Waals surface area (Å²) in [6, 6.07) is 0. The van der Waals surface area contributed by atoms with E-state index in [4.69, 9.17) is 19.3 Å². The number of carbonyl (C=O) groups excluding carboxylic acids is 2. The molecule has 0 spiro atoms. The Bertz CT molecular complexity index is 884. The van der Waals surface area contributed by atoms with Gasteiger partial charge in [0, 0.05) is 12.8 Å². The van der Waals surface area contributed by atoms with E-state index in [0.717, 1.165) is 44.9 Å². The molecular weight excluding hydrogens is 663 g/mol. The number of phosphoric ester groups is 1.